The average molecular weight is 413 g/mol. The summed E-state index contributed by atoms with van der Waals surface area (Å²) in [5, 5.41) is 3.50. The number of nitrogens with zero attached hydrogens (tertiary/aromatic N) is 1. The third-order valence-corrected chi connectivity index (χ3v) is 5.27. The number of allylic oxidation sites excluding steroid dienone is 1. The molecule has 0 radical (unpaired) electrons. The van der Waals surface area contributed by atoms with E-state index in [0.717, 1.165) is 19.5 Å². The van der Waals surface area contributed by atoms with Crippen molar-refractivity contribution in [2.45, 2.75) is 85.6 Å². The van der Waals surface area contributed by atoms with Gasteiger partial charge in [-0.1, -0.05) is 89.3 Å². The fourth-order valence-corrected chi connectivity index (χ4v) is 3.65. The maximum atomic E-state index is 3.99. The monoisotopic (exact) mass is 412 g/mol. The minimum absolute atomic E-state index is 0.562. The van der Waals surface area contributed by atoms with E-state index in [1.807, 2.05) is 19.9 Å². The molecule has 1 heterocycles. The fraction of sp³-hybridized carbons (Fsp3) is 0.571. The first-order chi connectivity index (χ1) is 14.5. The lowest BCUT2D eigenvalue weighted by Crippen LogP contribution is -2.27. The van der Waals surface area contributed by atoms with Crippen LogP contribution in [0, 0.1) is 0 Å². The smallest absolute Gasteiger partial charge is 0.0494 e. The van der Waals surface area contributed by atoms with E-state index in [-0.39, 0.29) is 0 Å². The predicted octanol–water partition coefficient (Wildman–Crippen LogP) is 7.63. The molecule has 1 N–H and O–H groups in total. The number of nitrogens with one attached hydrogen (secondary N) is 1. The summed E-state index contributed by atoms with van der Waals surface area (Å²) in [6.07, 6.45) is 10.8. The number of likely N-dealkylation sites (tertiary alicyclic amines) is 1. The quantitative estimate of drug-likeness (QED) is 0.297. The Kier molecular flexibility index (Phi) is 16.9. The Morgan fingerprint density at radius 1 is 1.13 bits per heavy atom. The summed E-state index contributed by atoms with van der Waals surface area (Å²) in [5.74, 6) is 0. The van der Waals surface area contributed by atoms with Crippen LogP contribution in [0.5, 0.6) is 0 Å². The zero-order valence-electron chi connectivity index (χ0n) is 20.6. The second kappa shape index (κ2) is 18.0. The van der Waals surface area contributed by atoms with Gasteiger partial charge in [0, 0.05) is 18.3 Å². The Balaban J connectivity index is 0.000000557. The predicted molar refractivity (Wildman–Crippen MR) is 138 cm³/mol. The lowest BCUT2D eigenvalue weighted by molar-refractivity contribution is 0.357. The molecule has 0 aliphatic carbocycles. The molecule has 1 fully saturated rings. The van der Waals surface area contributed by atoms with E-state index in [4.69, 9.17) is 0 Å². The molecular weight excluding hydrogens is 364 g/mol. The van der Waals surface area contributed by atoms with Gasteiger partial charge in [0.05, 0.1) is 0 Å². The van der Waals surface area contributed by atoms with Crippen LogP contribution < -0.4 is 5.32 Å². The van der Waals surface area contributed by atoms with Gasteiger partial charge in [-0.25, -0.2) is 0 Å². The molecular formula is C28H48N2. The molecule has 30 heavy (non-hydrogen) atoms. The molecule has 1 saturated heterocycles. The highest BCUT2D eigenvalue weighted by atomic mass is 15.2. The van der Waals surface area contributed by atoms with Gasteiger partial charge in [-0.3, -0.25) is 0 Å². The van der Waals surface area contributed by atoms with Crippen LogP contribution in [0.1, 0.15) is 84.3 Å². The first kappa shape index (κ1) is 28.2. The summed E-state index contributed by atoms with van der Waals surface area (Å²) >= 11 is 0. The summed E-state index contributed by atoms with van der Waals surface area (Å²) in [6, 6.07) is 9.20. The van der Waals surface area contributed by atoms with Crippen molar-refractivity contribution in [3.8, 4) is 0 Å². The topological polar surface area (TPSA) is 15.3 Å². The molecule has 2 heteroatoms. The second-order valence-electron chi connectivity index (χ2n) is 7.94. The van der Waals surface area contributed by atoms with Gasteiger partial charge in [0.1, 0.15) is 0 Å². The number of hydrogen-bond donors (Lipinski definition) is 1. The Labute approximate surface area is 188 Å². The van der Waals surface area contributed by atoms with Gasteiger partial charge in [-0.15, -0.1) is 0 Å². The summed E-state index contributed by atoms with van der Waals surface area (Å²) in [7, 11) is 0. The van der Waals surface area contributed by atoms with E-state index in [2.05, 4.69) is 75.0 Å². The normalized spacial score (nSPS) is 14.8. The van der Waals surface area contributed by atoms with E-state index in [0.29, 0.717) is 6.04 Å². The van der Waals surface area contributed by atoms with E-state index >= 15 is 0 Å². The Morgan fingerprint density at radius 2 is 1.83 bits per heavy atom. The molecule has 1 aromatic carbocycles. The van der Waals surface area contributed by atoms with Crippen molar-refractivity contribution < 1.29 is 0 Å². The Bertz CT molecular complexity index is 582. The molecule has 1 aliphatic heterocycles. The SMILES string of the molecule is C=C(C)C1CCCN1C(=C)C.C=Cc1cccc(CCCNCCCCC)c1.CC. The van der Waals surface area contributed by atoms with Crippen molar-refractivity contribution in [1.82, 2.24) is 10.2 Å². The molecule has 0 spiro atoms. The van der Waals surface area contributed by atoms with Gasteiger partial charge in [0.2, 0.25) is 0 Å². The highest BCUT2D eigenvalue weighted by molar-refractivity contribution is 5.47. The van der Waals surface area contributed by atoms with Crippen LogP contribution in [0.3, 0.4) is 0 Å². The molecule has 0 amide bonds. The van der Waals surface area contributed by atoms with Crippen molar-refractivity contribution >= 4 is 6.08 Å². The number of aryl methyl sites for hydroxylation is 1. The maximum Gasteiger partial charge on any atom is 0.0494 e. The molecule has 0 aromatic heterocycles. The first-order valence-electron chi connectivity index (χ1n) is 12.0. The molecule has 170 valence electrons. The van der Waals surface area contributed by atoms with Gasteiger partial charge >= 0.3 is 0 Å². The molecule has 1 unspecified atom stereocenters. The number of hydrogen-bond acceptors (Lipinski definition) is 2. The van der Waals surface area contributed by atoms with E-state index in [1.54, 1.807) is 0 Å². The van der Waals surface area contributed by atoms with Crippen LogP contribution in [0.25, 0.3) is 6.08 Å². The fourth-order valence-electron chi connectivity index (χ4n) is 3.65. The second-order valence-corrected chi connectivity index (χ2v) is 7.94. The average Bonchev–Trinajstić information content (AvgIpc) is 3.26. The van der Waals surface area contributed by atoms with Gasteiger partial charge in [0.25, 0.3) is 0 Å². The standard InChI is InChI=1S/C16H25N.C10H17N.C2H6/c1-3-5-6-12-17-13-8-11-16-10-7-9-15(4-2)14-16;1-8(2)10-6-5-7-11(10)9(3)4;1-2/h4,7,9-10,14,17H,2-3,5-6,8,11-13H2,1H3;10H,1,3,5-7H2,2,4H3;1-2H3. The number of benzene rings is 1. The summed E-state index contributed by atoms with van der Waals surface area (Å²) in [6.45, 7) is 25.6. The summed E-state index contributed by atoms with van der Waals surface area (Å²) in [4.78, 5) is 2.35. The van der Waals surface area contributed by atoms with E-state index in [9.17, 15) is 0 Å². The van der Waals surface area contributed by atoms with E-state index in [1.165, 1.54) is 67.5 Å². The molecule has 0 bridgehead atoms. The Morgan fingerprint density at radius 3 is 2.40 bits per heavy atom. The molecule has 2 rings (SSSR count). The minimum Gasteiger partial charge on any atom is -0.369 e. The Hall–Kier alpha value is -1.80. The zero-order valence-corrected chi connectivity index (χ0v) is 20.6. The van der Waals surface area contributed by atoms with Crippen molar-refractivity contribution in [2.75, 3.05) is 19.6 Å². The largest absolute Gasteiger partial charge is 0.369 e. The van der Waals surface area contributed by atoms with Gasteiger partial charge < -0.3 is 10.2 Å². The van der Waals surface area contributed by atoms with Crippen LogP contribution in [0.4, 0.5) is 0 Å². The van der Waals surface area contributed by atoms with Crippen LogP contribution in [-0.2, 0) is 6.42 Å². The van der Waals surface area contributed by atoms with Gasteiger partial charge in [-0.05, 0) is 70.2 Å². The molecule has 0 saturated carbocycles. The number of unbranched alkanes of at least 4 members (excludes halogenated alkanes) is 2. The van der Waals surface area contributed by atoms with Crippen LogP contribution in [0.15, 0.2) is 55.3 Å². The third-order valence-electron chi connectivity index (χ3n) is 5.27. The van der Waals surface area contributed by atoms with Gasteiger partial charge in [0.15, 0.2) is 0 Å². The molecule has 2 nitrogen and oxygen atoms in total. The van der Waals surface area contributed by atoms with Crippen molar-refractivity contribution in [1.29, 1.82) is 0 Å². The number of rotatable bonds is 11. The molecule has 1 aromatic rings. The maximum absolute atomic E-state index is 3.99. The zero-order chi connectivity index (χ0) is 22.8. The lowest BCUT2D eigenvalue weighted by Gasteiger charge is -2.26. The minimum atomic E-state index is 0.562. The summed E-state index contributed by atoms with van der Waals surface area (Å²) in [5.41, 5.74) is 5.08. The van der Waals surface area contributed by atoms with Crippen molar-refractivity contribution in [3.05, 3.63) is 66.4 Å². The van der Waals surface area contributed by atoms with Crippen LogP contribution in [-0.4, -0.2) is 30.6 Å². The van der Waals surface area contributed by atoms with Crippen molar-refractivity contribution in [2.24, 2.45) is 0 Å². The summed E-state index contributed by atoms with van der Waals surface area (Å²) < 4.78 is 0. The highest BCUT2D eigenvalue weighted by Gasteiger charge is 2.23. The van der Waals surface area contributed by atoms with Gasteiger partial charge in [-0.2, -0.15) is 0 Å². The molecule has 1 aliphatic rings. The third kappa shape index (κ3) is 12.0. The lowest BCUT2D eigenvalue weighted by atomic mass is 10.1. The van der Waals surface area contributed by atoms with E-state index < -0.39 is 0 Å². The molecule has 1 atom stereocenters. The first-order valence-corrected chi connectivity index (χ1v) is 12.0. The van der Waals surface area contributed by atoms with Crippen LogP contribution >= 0.6 is 0 Å². The van der Waals surface area contributed by atoms with Crippen molar-refractivity contribution in [3.63, 3.8) is 0 Å². The van der Waals surface area contributed by atoms with Crippen LogP contribution in [0.2, 0.25) is 0 Å². The highest BCUT2D eigenvalue weighted by Crippen LogP contribution is 2.25.